The van der Waals surface area contributed by atoms with E-state index < -0.39 is 5.82 Å². The van der Waals surface area contributed by atoms with Crippen LogP contribution in [0.3, 0.4) is 0 Å². The molecule has 4 nitrogen and oxygen atoms in total. The van der Waals surface area contributed by atoms with Crippen LogP contribution in [0.4, 0.5) is 4.39 Å². The molecule has 1 fully saturated rings. The van der Waals surface area contributed by atoms with Gasteiger partial charge in [0.05, 0.1) is 12.7 Å². The minimum atomic E-state index is -0.416. The Hall–Kier alpha value is -1.62. The van der Waals surface area contributed by atoms with Gasteiger partial charge in [-0.25, -0.2) is 4.39 Å². The van der Waals surface area contributed by atoms with E-state index in [-0.39, 0.29) is 11.9 Å². The third kappa shape index (κ3) is 3.73. The molecule has 1 aromatic rings. The Morgan fingerprint density at radius 1 is 1.43 bits per heavy atom. The van der Waals surface area contributed by atoms with Crippen LogP contribution in [0.25, 0.3) is 0 Å². The van der Waals surface area contributed by atoms with Gasteiger partial charge in [0.1, 0.15) is 11.6 Å². The number of halogens is 1. The second kappa shape index (κ2) is 7.41. The van der Waals surface area contributed by atoms with E-state index >= 15 is 0 Å². The molecule has 1 heterocycles. The number of carbonyl (C=O) groups is 1. The fourth-order valence-corrected chi connectivity index (χ4v) is 2.81. The molecule has 0 bridgehead atoms. The molecule has 1 aromatic carbocycles. The second-order valence-electron chi connectivity index (χ2n) is 5.32. The predicted molar refractivity (Wildman–Crippen MR) is 80.2 cm³/mol. The number of hydrogen-bond donors (Lipinski definition) is 1. The minimum Gasteiger partial charge on any atom is -0.496 e. The van der Waals surface area contributed by atoms with Gasteiger partial charge in [-0.05, 0) is 50.6 Å². The van der Waals surface area contributed by atoms with E-state index in [4.69, 9.17) is 4.74 Å². The van der Waals surface area contributed by atoms with Crippen molar-refractivity contribution in [2.45, 2.75) is 32.2 Å². The molecule has 5 heteroatoms. The van der Waals surface area contributed by atoms with E-state index in [1.807, 2.05) is 11.8 Å². The number of carbonyl (C=O) groups excluding carboxylic acids is 1. The molecule has 0 atom stereocenters. The first kappa shape index (κ1) is 15.8. The lowest BCUT2D eigenvalue weighted by Gasteiger charge is -2.35. The van der Waals surface area contributed by atoms with E-state index in [9.17, 15) is 9.18 Å². The highest BCUT2D eigenvalue weighted by atomic mass is 19.1. The summed E-state index contributed by atoms with van der Waals surface area (Å²) in [6.07, 6.45) is 2.75. The van der Waals surface area contributed by atoms with Gasteiger partial charge in [-0.3, -0.25) is 4.79 Å². The number of nitrogens with zero attached hydrogens (tertiary/aromatic N) is 1. The number of ether oxygens (including phenoxy) is 1. The summed E-state index contributed by atoms with van der Waals surface area (Å²) in [5.74, 6) is -0.127. The summed E-state index contributed by atoms with van der Waals surface area (Å²) in [6.45, 7) is 4.56. The summed E-state index contributed by atoms with van der Waals surface area (Å²) in [5.41, 5.74) is 0.310. The maximum atomic E-state index is 13.5. The average molecular weight is 294 g/mol. The molecule has 1 aliphatic rings. The molecular weight excluding hydrogens is 271 g/mol. The molecule has 1 aliphatic heterocycles. The molecule has 0 aromatic heterocycles. The van der Waals surface area contributed by atoms with Crippen LogP contribution in [-0.4, -0.2) is 43.6 Å². The first-order chi connectivity index (χ1) is 10.2. The van der Waals surface area contributed by atoms with Crippen molar-refractivity contribution in [3.63, 3.8) is 0 Å². The third-order valence-corrected chi connectivity index (χ3v) is 3.87. The van der Waals surface area contributed by atoms with Gasteiger partial charge in [0.25, 0.3) is 5.91 Å². The standard InChI is InChI=1S/C16H23FN2O2/c1-3-10-19(13-6-8-18-9-7-13)16(20)14-11-12(17)4-5-15(14)21-2/h4-5,11,13,18H,3,6-10H2,1-2H3. The molecule has 21 heavy (non-hydrogen) atoms. The van der Waals surface area contributed by atoms with Gasteiger partial charge in [0.2, 0.25) is 0 Å². The Balaban J connectivity index is 2.27. The minimum absolute atomic E-state index is 0.139. The highest BCUT2D eigenvalue weighted by molar-refractivity contribution is 5.97. The molecule has 0 radical (unpaired) electrons. The Morgan fingerprint density at radius 3 is 2.76 bits per heavy atom. The van der Waals surface area contributed by atoms with Crippen molar-refractivity contribution >= 4 is 5.91 Å². The zero-order valence-electron chi connectivity index (χ0n) is 12.7. The van der Waals surface area contributed by atoms with Crippen LogP contribution in [0.5, 0.6) is 5.75 Å². The van der Waals surface area contributed by atoms with Crippen molar-refractivity contribution in [2.24, 2.45) is 0 Å². The normalized spacial score (nSPS) is 15.8. The summed E-state index contributed by atoms with van der Waals surface area (Å²) >= 11 is 0. The second-order valence-corrected chi connectivity index (χ2v) is 5.32. The number of nitrogens with one attached hydrogen (secondary N) is 1. The molecular formula is C16H23FN2O2. The maximum absolute atomic E-state index is 13.5. The molecule has 2 rings (SSSR count). The molecule has 1 amide bonds. The van der Waals surface area contributed by atoms with E-state index in [0.29, 0.717) is 17.9 Å². The van der Waals surface area contributed by atoms with E-state index in [0.717, 1.165) is 32.4 Å². The van der Waals surface area contributed by atoms with Gasteiger partial charge in [-0.2, -0.15) is 0 Å². The van der Waals surface area contributed by atoms with Crippen LogP contribution in [0.2, 0.25) is 0 Å². The number of amides is 1. The number of piperidine rings is 1. The third-order valence-electron chi connectivity index (χ3n) is 3.87. The van der Waals surface area contributed by atoms with Gasteiger partial charge in [-0.15, -0.1) is 0 Å². The Morgan fingerprint density at radius 2 is 2.14 bits per heavy atom. The van der Waals surface area contributed by atoms with Crippen molar-refractivity contribution in [2.75, 3.05) is 26.7 Å². The van der Waals surface area contributed by atoms with Gasteiger partial charge >= 0.3 is 0 Å². The first-order valence-electron chi connectivity index (χ1n) is 7.52. The lowest BCUT2D eigenvalue weighted by Crippen LogP contribution is -2.46. The van der Waals surface area contributed by atoms with E-state index in [1.165, 1.54) is 25.3 Å². The highest BCUT2D eigenvalue weighted by Gasteiger charge is 2.27. The van der Waals surface area contributed by atoms with Crippen LogP contribution >= 0.6 is 0 Å². The molecule has 0 saturated carbocycles. The monoisotopic (exact) mass is 294 g/mol. The summed E-state index contributed by atoms with van der Waals surface area (Å²) in [5, 5.41) is 3.30. The van der Waals surface area contributed by atoms with Gasteiger partial charge in [-0.1, -0.05) is 6.92 Å². The number of rotatable bonds is 5. The van der Waals surface area contributed by atoms with Crippen molar-refractivity contribution in [3.05, 3.63) is 29.6 Å². The molecule has 1 N–H and O–H groups in total. The average Bonchev–Trinajstić information content (AvgIpc) is 2.52. The number of hydrogen-bond acceptors (Lipinski definition) is 3. The van der Waals surface area contributed by atoms with Crippen LogP contribution in [0, 0.1) is 5.82 Å². The van der Waals surface area contributed by atoms with Crippen LogP contribution < -0.4 is 10.1 Å². The summed E-state index contributed by atoms with van der Waals surface area (Å²) in [4.78, 5) is 14.7. The summed E-state index contributed by atoms with van der Waals surface area (Å²) < 4.78 is 18.7. The van der Waals surface area contributed by atoms with Crippen molar-refractivity contribution in [1.82, 2.24) is 10.2 Å². The smallest absolute Gasteiger partial charge is 0.257 e. The van der Waals surface area contributed by atoms with Crippen LogP contribution in [0.15, 0.2) is 18.2 Å². The Bertz CT molecular complexity index is 487. The molecule has 1 saturated heterocycles. The Labute approximate surface area is 125 Å². The largest absolute Gasteiger partial charge is 0.496 e. The van der Waals surface area contributed by atoms with Gasteiger partial charge < -0.3 is 15.0 Å². The fourth-order valence-electron chi connectivity index (χ4n) is 2.81. The van der Waals surface area contributed by atoms with Gasteiger partial charge in [0, 0.05) is 12.6 Å². The maximum Gasteiger partial charge on any atom is 0.257 e. The molecule has 0 spiro atoms. The highest BCUT2D eigenvalue weighted by Crippen LogP contribution is 2.24. The van der Waals surface area contributed by atoms with Crippen molar-refractivity contribution in [3.8, 4) is 5.75 Å². The summed E-state index contributed by atoms with van der Waals surface area (Å²) in [7, 11) is 1.50. The summed E-state index contributed by atoms with van der Waals surface area (Å²) in [6, 6.07) is 4.30. The lowest BCUT2D eigenvalue weighted by molar-refractivity contribution is 0.0638. The predicted octanol–water partition coefficient (Wildman–Crippen LogP) is 2.44. The van der Waals surface area contributed by atoms with Crippen LogP contribution in [0.1, 0.15) is 36.5 Å². The van der Waals surface area contributed by atoms with Crippen molar-refractivity contribution < 1.29 is 13.9 Å². The quantitative estimate of drug-likeness (QED) is 0.907. The van der Waals surface area contributed by atoms with Crippen LogP contribution in [-0.2, 0) is 0 Å². The van der Waals surface area contributed by atoms with E-state index in [2.05, 4.69) is 5.32 Å². The molecule has 116 valence electrons. The first-order valence-corrected chi connectivity index (χ1v) is 7.52. The molecule has 0 aliphatic carbocycles. The topological polar surface area (TPSA) is 41.6 Å². The fraction of sp³-hybridized carbons (Fsp3) is 0.562. The Kier molecular flexibility index (Phi) is 5.56. The lowest BCUT2D eigenvalue weighted by atomic mass is 10.0. The van der Waals surface area contributed by atoms with E-state index in [1.54, 1.807) is 0 Å². The number of benzene rings is 1. The molecule has 0 unspecified atom stereocenters. The SMILES string of the molecule is CCCN(C(=O)c1cc(F)ccc1OC)C1CCNCC1. The number of methoxy groups -OCH3 is 1. The zero-order chi connectivity index (χ0) is 15.2. The van der Waals surface area contributed by atoms with Crippen molar-refractivity contribution in [1.29, 1.82) is 0 Å². The van der Waals surface area contributed by atoms with Gasteiger partial charge in [0.15, 0.2) is 0 Å². The zero-order valence-corrected chi connectivity index (χ0v) is 12.7.